The van der Waals surface area contributed by atoms with E-state index in [0.29, 0.717) is 11.8 Å². The minimum atomic E-state index is 0. The summed E-state index contributed by atoms with van der Waals surface area (Å²) in [6.07, 6.45) is 7.42. The van der Waals surface area contributed by atoms with Gasteiger partial charge in [0.05, 0.1) is 0 Å². The molecule has 1 saturated heterocycles. The number of rotatable bonds is 5. The van der Waals surface area contributed by atoms with E-state index in [9.17, 15) is 0 Å². The summed E-state index contributed by atoms with van der Waals surface area (Å²) in [7, 11) is 0. The molecule has 0 saturated carbocycles. The lowest BCUT2D eigenvalue weighted by molar-refractivity contribution is 0.208. The van der Waals surface area contributed by atoms with Gasteiger partial charge in [-0.2, -0.15) is 0 Å². The molecule has 0 spiro atoms. The zero-order valence-corrected chi connectivity index (χ0v) is 17.2. The zero-order valence-electron chi connectivity index (χ0n) is 16.4. The molecule has 28 heavy (non-hydrogen) atoms. The van der Waals surface area contributed by atoms with Crippen molar-refractivity contribution in [3.63, 3.8) is 0 Å². The Balaban J connectivity index is 0.00000192. The molecular weight excluding hydrogens is 366 g/mol. The van der Waals surface area contributed by atoms with E-state index in [0.717, 1.165) is 6.54 Å². The van der Waals surface area contributed by atoms with Crippen LogP contribution in [0.3, 0.4) is 0 Å². The molecule has 2 aromatic carbocycles. The van der Waals surface area contributed by atoms with E-state index >= 15 is 0 Å². The van der Waals surface area contributed by atoms with Crippen molar-refractivity contribution in [1.82, 2.24) is 9.88 Å². The normalized spacial score (nSPS) is 19.9. The molecule has 3 heterocycles. The van der Waals surface area contributed by atoms with Crippen LogP contribution < -0.4 is 5.32 Å². The fourth-order valence-corrected chi connectivity index (χ4v) is 5.08. The van der Waals surface area contributed by atoms with Crippen molar-refractivity contribution < 1.29 is 0 Å². The molecule has 0 radical (unpaired) electrons. The lowest BCUT2D eigenvalue weighted by Crippen LogP contribution is -2.33. The van der Waals surface area contributed by atoms with E-state index < -0.39 is 0 Å². The van der Waals surface area contributed by atoms with Crippen molar-refractivity contribution in [2.45, 2.75) is 37.5 Å². The second kappa shape index (κ2) is 8.59. The van der Waals surface area contributed by atoms with Gasteiger partial charge in [0.2, 0.25) is 0 Å². The highest BCUT2D eigenvalue weighted by Crippen LogP contribution is 2.35. The van der Waals surface area contributed by atoms with Gasteiger partial charge < -0.3 is 15.2 Å². The number of anilines is 1. The molecule has 1 atom stereocenters. The van der Waals surface area contributed by atoms with Gasteiger partial charge in [-0.3, -0.25) is 0 Å². The Morgan fingerprint density at radius 2 is 1.71 bits per heavy atom. The molecule has 1 fully saturated rings. The molecule has 3 nitrogen and oxygen atoms in total. The first-order valence-electron chi connectivity index (χ1n) is 10.5. The average Bonchev–Trinajstić information content (AvgIpc) is 3.33. The molecule has 4 heteroatoms. The second-order valence-corrected chi connectivity index (χ2v) is 8.21. The number of benzene rings is 2. The molecular formula is C24H30ClN3. The number of halogens is 1. The van der Waals surface area contributed by atoms with Crippen molar-refractivity contribution in [2.75, 3.05) is 31.5 Å². The summed E-state index contributed by atoms with van der Waals surface area (Å²) >= 11 is 0. The quantitative estimate of drug-likeness (QED) is 0.575. The lowest BCUT2D eigenvalue weighted by Gasteiger charge is -2.32. The first kappa shape index (κ1) is 19.4. The molecule has 1 unspecified atom stereocenters. The lowest BCUT2D eigenvalue weighted by atomic mass is 9.89. The minimum absolute atomic E-state index is 0. The summed E-state index contributed by atoms with van der Waals surface area (Å²) in [5, 5.41) is 4.98. The number of H-pyrrole nitrogens is 1. The maximum absolute atomic E-state index is 3.56. The number of fused-ring (bicyclic) bond motifs is 2. The number of likely N-dealkylation sites (tertiary alicyclic amines) is 1. The Labute approximate surface area is 173 Å². The van der Waals surface area contributed by atoms with Crippen LogP contribution in [0, 0.1) is 0 Å². The molecule has 0 aliphatic carbocycles. The topological polar surface area (TPSA) is 31.1 Å². The molecule has 2 aliphatic rings. The van der Waals surface area contributed by atoms with Crippen LogP contribution in [0.4, 0.5) is 5.69 Å². The van der Waals surface area contributed by atoms with Gasteiger partial charge in [-0.25, -0.2) is 0 Å². The van der Waals surface area contributed by atoms with Crippen molar-refractivity contribution in [2.24, 2.45) is 0 Å². The van der Waals surface area contributed by atoms with E-state index in [2.05, 4.69) is 69.9 Å². The van der Waals surface area contributed by atoms with Gasteiger partial charge in [-0.1, -0.05) is 36.4 Å². The van der Waals surface area contributed by atoms with E-state index in [1.54, 1.807) is 0 Å². The van der Waals surface area contributed by atoms with Crippen molar-refractivity contribution in [1.29, 1.82) is 0 Å². The number of hydrogen-bond donors (Lipinski definition) is 2. The van der Waals surface area contributed by atoms with E-state index in [-0.39, 0.29) is 12.4 Å². The third kappa shape index (κ3) is 3.78. The Hall–Kier alpha value is -1.97. The van der Waals surface area contributed by atoms with Gasteiger partial charge in [0, 0.05) is 35.2 Å². The van der Waals surface area contributed by atoms with Crippen LogP contribution >= 0.6 is 12.4 Å². The highest BCUT2D eigenvalue weighted by Gasteiger charge is 2.24. The molecule has 2 aliphatic heterocycles. The van der Waals surface area contributed by atoms with Gasteiger partial charge in [-0.15, -0.1) is 12.4 Å². The SMILES string of the molecule is Cl.c1ccc2c(c1)NCC2CCCN1CCC(c2c[nH]c3ccccc23)CC1. The average molecular weight is 396 g/mol. The first-order chi connectivity index (χ1) is 13.4. The van der Waals surface area contributed by atoms with E-state index in [4.69, 9.17) is 0 Å². The number of piperidine rings is 1. The molecule has 148 valence electrons. The Bertz CT molecular complexity index is 911. The van der Waals surface area contributed by atoms with Crippen LogP contribution in [0.25, 0.3) is 10.9 Å². The third-order valence-electron chi connectivity index (χ3n) is 6.62. The van der Waals surface area contributed by atoms with Crippen LogP contribution in [0.5, 0.6) is 0 Å². The van der Waals surface area contributed by atoms with Crippen LogP contribution in [-0.4, -0.2) is 36.1 Å². The van der Waals surface area contributed by atoms with Crippen LogP contribution in [0.15, 0.2) is 54.7 Å². The molecule has 5 rings (SSSR count). The predicted molar refractivity (Wildman–Crippen MR) is 121 cm³/mol. The largest absolute Gasteiger partial charge is 0.384 e. The first-order valence-corrected chi connectivity index (χ1v) is 10.5. The fourth-order valence-electron chi connectivity index (χ4n) is 5.08. The maximum atomic E-state index is 3.56. The highest BCUT2D eigenvalue weighted by atomic mass is 35.5. The van der Waals surface area contributed by atoms with Gasteiger partial charge in [0.25, 0.3) is 0 Å². The number of aromatic amines is 1. The monoisotopic (exact) mass is 395 g/mol. The number of hydrogen-bond acceptors (Lipinski definition) is 2. The van der Waals surface area contributed by atoms with Crippen molar-refractivity contribution in [3.8, 4) is 0 Å². The predicted octanol–water partition coefficient (Wildman–Crippen LogP) is 5.76. The molecule has 0 amide bonds. The van der Waals surface area contributed by atoms with Crippen LogP contribution in [-0.2, 0) is 0 Å². The summed E-state index contributed by atoms with van der Waals surface area (Å²) in [5.74, 6) is 1.41. The van der Waals surface area contributed by atoms with Crippen molar-refractivity contribution >= 4 is 29.0 Å². The summed E-state index contributed by atoms with van der Waals surface area (Å²) in [6.45, 7) is 4.84. The number of nitrogens with one attached hydrogen (secondary N) is 2. The number of aromatic nitrogens is 1. The summed E-state index contributed by atoms with van der Waals surface area (Å²) < 4.78 is 0. The summed E-state index contributed by atoms with van der Waals surface area (Å²) in [6, 6.07) is 17.5. The Kier molecular flexibility index (Phi) is 5.93. The van der Waals surface area contributed by atoms with Gasteiger partial charge in [-0.05, 0) is 74.5 Å². The zero-order chi connectivity index (χ0) is 18.1. The number of nitrogens with zero attached hydrogens (tertiary/aromatic N) is 1. The van der Waals surface area contributed by atoms with Gasteiger partial charge in [0.15, 0.2) is 0 Å². The van der Waals surface area contributed by atoms with Crippen molar-refractivity contribution in [3.05, 3.63) is 65.9 Å². The Morgan fingerprint density at radius 1 is 0.929 bits per heavy atom. The standard InChI is InChI=1S/C24H29N3.ClH/c1-3-9-23-20(7-1)19(16-25-23)6-5-13-27-14-11-18(12-15-27)22-17-26-24-10-4-2-8-21(22)24;/h1-4,7-10,17-19,25-26H,5-6,11-16H2;1H. The van der Waals surface area contributed by atoms with Crippen LogP contribution in [0.2, 0.25) is 0 Å². The number of para-hydroxylation sites is 2. The van der Waals surface area contributed by atoms with Gasteiger partial charge in [0.1, 0.15) is 0 Å². The van der Waals surface area contributed by atoms with Crippen LogP contribution in [0.1, 0.15) is 48.6 Å². The fraction of sp³-hybridized carbons (Fsp3) is 0.417. The van der Waals surface area contributed by atoms with E-state index in [1.165, 1.54) is 73.0 Å². The Morgan fingerprint density at radius 3 is 2.61 bits per heavy atom. The molecule has 2 N–H and O–H groups in total. The molecule has 0 bridgehead atoms. The summed E-state index contributed by atoms with van der Waals surface area (Å²) in [5.41, 5.74) is 5.68. The molecule has 1 aromatic heterocycles. The summed E-state index contributed by atoms with van der Waals surface area (Å²) in [4.78, 5) is 6.13. The highest BCUT2D eigenvalue weighted by molar-refractivity contribution is 5.85. The maximum Gasteiger partial charge on any atom is 0.0456 e. The second-order valence-electron chi connectivity index (χ2n) is 8.21. The smallest absolute Gasteiger partial charge is 0.0456 e. The van der Waals surface area contributed by atoms with E-state index in [1.807, 2.05) is 0 Å². The third-order valence-corrected chi connectivity index (χ3v) is 6.62. The van der Waals surface area contributed by atoms with Gasteiger partial charge >= 0.3 is 0 Å². The minimum Gasteiger partial charge on any atom is -0.384 e. The molecule has 3 aromatic rings.